The lowest BCUT2D eigenvalue weighted by Crippen LogP contribution is -2.43. The molecule has 1 atom stereocenters. The quantitative estimate of drug-likeness (QED) is 0.470. The van der Waals surface area contributed by atoms with Crippen molar-refractivity contribution >= 4 is 28.7 Å². The Labute approximate surface area is 185 Å². The number of nitrogen functional groups attached to an aromatic ring is 2. The number of pyridine rings is 3. The molecule has 0 aliphatic carbocycles. The Hall–Kier alpha value is -3.92. The normalized spacial score (nSPS) is 15.9. The molecule has 166 valence electrons. The number of nitrogens with two attached hydrogens (primary N) is 3. The number of piperidine rings is 1. The van der Waals surface area contributed by atoms with E-state index in [9.17, 15) is 4.79 Å². The van der Waals surface area contributed by atoms with Crippen molar-refractivity contribution in [3.8, 4) is 17.3 Å². The number of methoxy groups -OCH3 is 1. The number of carbonyl (C=O) groups is 1. The number of amides is 1. The van der Waals surface area contributed by atoms with Crippen molar-refractivity contribution in [1.29, 1.82) is 0 Å². The largest absolute Gasteiger partial charge is 0.480 e. The zero-order valence-corrected chi connectivity index (χ0v) is 17.8. The summed E-state index contributed by atoms with van der Waals surface area (Å²) in [5, 5.41) is 2.90. The van der Waals surface area contributed by atoms with E-state index < -0.39 is 5.91 Å². The zero-order valence-electron chi connectivity index (χ0n) is 17.8. The monoisotopic (exact) mass is 434 g/mol. The molecule has 1 fully saturated rings. The molecule has 4 heterocycles. The minimum absolute atomic E-state index is 0.0882. The summed E-state index contributed by atoms with van der Waals surface area (Å²) in [5.74, 6) is -0.158. The van der Waals surface area contributed by atoms with Gasteiger partial charge in [-0.2, -0.15) is 0 Å². The predicted octanol–water partition coefficient (Wildman–Crippen LogP) is 1.89. The molecule has 0 unspecified atom stereocenters. The minimum Gasteiger partial charge on any atom is -0.480 e. The molecule has 1 aliphatic heterocycles. The zero-order chi connectivity index (χ0) is 22.7. The Morgan fingerprint density at radius 3 is 2.62 bits per heavy atom. The molecular formula is C22H26N8O2. The topological polar surface area (TPSA) is 158 Å². The van der Waals surface area contributed by atoms with Gasteiger partial charge in [0.1, 0.15) is 0 Å². The van der Waals surface area contributed by atoms with Gasteiger partial charge in [0.05, 0.1) is 47.4 Å². The molecular weight excluding hydrogens is 408 g/mol. The van der Waals surface area contributed by atoms with Crippen LogP contribution in [0.2, 0.25) is 0 Å². The summed E-state index contributed by atoms with van der Waals surface area (Å²) in [6, 6.07) is 8.65. The first-order valence-corrected chi connectivity index (χ1v) is 10.3. The second kappa shape index (κ2) is 9.06. The SMILES string of the molecule is COc1nc(-c2ccc(N)c(C(=O)Nc3cnccc3N3CCC[C@H](N)C3)n2)ccc1N. The van der Waals surface area contributed by atoms with E-state index in [1.165, 1.54) is 7.11 Å². The lowest BCUT2D eigenvalue weighted by molar-refractivity contribution is 0.102. The van der Waals surface area contributed by atoms with Crippen molar-refractivity contribution in [2.45, 2.75) is 18.9 Å². The molecule has 0 radical (unpaired) electrons. The molecule has 1 aliphatic rings. The fourth-order valence-corrected chi connectivity index (χ4v) is 3.72. The standard InChI is InChI=1S/C22H26N8O2/c1-32-22-15(25)5-7-17(29-22)16-6-4-14(24)20(27-16)21(31)28-18-11-26-9-8-19(18)30-10-2-3-13(23)12-30/h4-9,11,13H,2-3,10,12,23-25H2,1H3,(H,28,31)/t13-/m0/s1. The summed E-state index contributed by atoms with van der Waals surface area (Å²) in [7, 11) is 1.48. The maximum absolute atomic E-state index is 13.1. The smallest absolute Gasteiger partial charge is 0.276 e. The van der Waals surface area contributed by atoms with E-state index in [-0.39, 0.29) is 23.3 Å². The van der Waals surface area contributed by atoms with Gasteiger partial charge < -0.3 is 32.2 Å². The highest BCUT2D eigenvalue weighted by Crippen LogP contribution is 2.29. The molecule has 1 saturated heterocycles. The van der Waals surface area contributed by atoms with Crippen molar-refractivity contribution in [3.63, 3.8) is 0 Å². The molecule has 7 N–H and O–H groups in total. The maximum Gasteiger partial charge on any atom is 0.276 e. The Morgan fingerprint density at radius 1 is 1.12 bits per heavy atom. The molecule has 32 heavy (non-hydrogen) atoms. The summed E-state index contributed by atoms with van der Waals surface area (Å²) in [4.78, 5) is 28.2. The Morgan fingerprint density at radius 2 is 1.88 bits per heavy atom. The molecule has 0 saturated carbocycles. The van der Waals surface area contributed by atoms with E-state index >= 15 is 0 Å². The van der Waals surface area contributed by atoms with Gasteiger partial charge in [0.15, 0.2) is 5.69 Å². The Kier molecular flexibility index (Phi) is 6.04. The van der Waals surface area contributed by atoms with Gasteiger partial charge in [-0.3, -0.25) is 9.78 Å². The van der Waals surface area contributed by atoms with Crippen LogP contribution in [0.4, 0.5) is 22.7 Å². The number of carbonyl (C=O) groups excluding carboxylic acids is 1. The fourth-order valence-electron chi connectivity index (χ4n) is 3.72. The number of hydrogen-bond acceptors (Lipinski definition) is 9. The van der Waals surface area contributed by atoms with Crippen LogP contribution in [0, 0.1) is 0 Å². The van der Waals surface area contributed by atoms with Crippen molar-refractivity contribution in [2.24, 2.45) is 5.73 Å². The number of aromatic nitrogens is 3. The van der Waals surface area contributed by atoms with Gasteiger partial charge in [-0.05, 0) is 43.2 Å². The fraction of sp³-hybridized carbons (Fsp3) is 0.273. The molecule has 10 nitrogen and oxygen atoms in total. The van der Waals surface area contributed by atoms with Crippen LogP contribution in [-0.2, 0) is 0 Å². The molecule has 0 aromatic carbocycles. The van der Waals surface area contributed by atoms with E-state index in [1.54, 1.807) is 36.7 Å². The average molecular weight is 435 g/mol. The van der Waals surface area contributed by atoms with Crippen molar-refractivity contribution < 1.29 is 9.53 Å². The van der Waals surface area contributed by atoms with Gasteiger partial charge in [0.2, 0.25) is 5.88 Å². The van der Waals surface area contributed by atoms with Gasteiger partial charge in [0.25, 0.3) is 5.91 Å². The van der Waals surface area contributed by atoms with Crippen molar-refractivity contribution in [2.75, 3.05) is 41.9 Å². The second-order valence-electron chi connectivity index (χ2n) is 7.62. The molecule has 1 amide bonds. The van der Waals surface area contributed by atoms with Crippen LogP contribution >= 0.6 is 0 Å². The number of ether oxygens (including phenoxy) is 1. The molecule has 3 aromatic heterocycles. The molecule has 0 spiro atoms. The van der Waals surface area contributed by atoms with Crippen LogP contribution in [0.15, 0.2) is 42.7 Å². The van der Waals surface area contributed by atoms with Crippen LogP contribution in [0.25, 0.3) is 11.4 Å². The van der Waals surface area contributed by atoms with Crippen molar-refractivity contribution in [3.05, 3.63) is 48.4 Å². The number of hydrogen-bond donors (Lipinski definition) is 4. The Bertz CT molecular complexity index is 1140. The summed E-state index contributed by atoms with van der Waals surface area (Å²) in [6.45, 7) is 1.58. The van der Waals surface area contributed by atoms with E-state index in [4.69, 9.17) is 21.9 Å². The maximum atomic E-state index is 13.1. The summed E-state index contributed by atoms with van der Waals surface area (Å²) < 4.78 is 5.18. The molecule has 3 aromatic rings. The van der Waals surface area contributed by atoms with Crippen molar-refractivity contribution in [1.82, 2.24) is 15.0 Å². The van der Waals surface area contributed by atoms with Gasteiger partial charge in [-0.15, -0.1) is 0 Å². The lowest BCUT2D eigenvalue weighted by Gasteiger charge is -2.33. The average Bonchev–Trinajstić information content (AvgIpc) is 2.80. The third kappa shape index (κ3) is 4.40. The predicted molar refractivity (Wildman–Crippen MR) is 124 cm³/mol. The third-order valence-electron chi connectivity index (χ3n) is 5.33. The van der Waals surface area contributed by atoms with E-state index in [1.807, 2.05) is 6.07 Å². The highest BCUT2D eigenvalue weighted by molar-refractivity contribution is 6.07. The number of nitrogens with one attached hydrogen (secondary N) is 1. The highest BCUT2D eigenvalue weighted by atomic mass is 16.5. The number of nitrogens with zero attached hydrogens (tertiary/aromatic N) is 4. The van der Waals surface area contributed by atoms with E-state index in [2.05, 4.69) is 25.2 Å². The first kappa shape index (κ1) is 21.3. The van der Waals surface area contributed by atoms with Crippen LogP contribution in [0.3, 0.4) is 0 Å². The third-order valence-corrected chi connectivity index (χ3v) is 5.33. The second-order valence-corrected chi connectivity index (χ2v) is 7.62. The first-order valence-electron chi connectivity index (χ1n) is 10.3. The molecule has 4 rings (SSSR count). The summed E-state index contributed by atoms with van der Waals surface area (Å²) in [5.41, 5.74) is 21.2. The van der Waals surface area contributed by atoms with Gasteiger partial charge in [-0.1, -0.05) is 0 Å². The van der Waals surface area contributed by atoms with E-state index in [0.29, 0.717) is 29.3 Å². The van der Waals surface area contributed by atoms with Gasteiger partial charge >= 0.3 is 0 Å². The van der Waals surface area contributed by atoms with Crippen LogP contribution < -0.4 is 32.2 Å². The van der Waals surface area contributed by atoms with Crippen LogP contribution in [0.1, 0.15) is 23.3 Å². The van der Waals surface area contributed by atoms with Gasteiger partial charge in [0, 0.05) is 25.3 Å². The highest BCUT2D eigenvalue weighted by Gasteiger charge is 2.21. The molecule has 10 heteroatoms. The number of anilines is 4. The first-order chi connectivity index (χ1) is 15.5. The minimum atomic E-state index is -0.442. The van der Waals surface area contributed by atoms with Gasteiger partial charge in [-0.25, -0.2) is 9.97 Å². The number of rotatable bonds is 5. The van der Waals surface area contributed by atoms with Crippen LogP contribution in [-0.4, -0.2) is 47.1 Å². The lowest BCUT2D eigenvalue weighted by atomic mass is 10.1. The molecule has 0 bridgehead atoms. The Balaban J connectivity index is 1.62. The summed E-state index contributed by atoms with van der Waals surface area (Å²) >= 11 is 0. The summed E-state index contributed by atoms with van der Waals surface area (Å²) in [6.07, 6.45) is 5.28. The van der Waals surface area contributed by atoms with E-state index in [0.717, 1.165) is 25.1 Å². The van der Waals surface area contributed by atoms with Crippen LogP contribution in [0.5, 0.6) is 5.88 Å².